The maximum Gasteiger partial charge on any atom is 0.0732 e. The Labute approximate surface area is 92.7 Å². The summed E-state index contributed by atoms with van der Waals surface area (Å²) < 4.78 is 0. The topological polar surface area (TPSA) is 23.5 Å². The lowest BCUT2D eigenvalue weighted by Crippen LogP contribution is -2.58. The van der Waals surface area contributed by atoms with E-state index in [4.69, 9.17) is 0 Å². The third-order valence-corrected chi connectivity index (χ3v) is 5.74. The van der Waals surface area contributed by atoms with Crippen LogP contribution in [0.1, 0.15) is 46.0 Å². The van der Waals surface area contributed by atoms with Crippen molar-refractivity contribution in [3.05, 3.63) is 0 Å². The third kappa shape index (κ3) is 1.03. The summed E-state index contributed by atoms with van der Waals surface area (Å²) in [5.74, 6) is 0.757. The van der Waals surface area contributed by atoms with Gasteiger partial charge in [-0.15, -0.1) is 0 Å². The molecule has 1 heterocycles. The van der Waals surface area contributed by atoms with E-state index in [1.807, 2.05) is 0 Å². The van der Waals surface area contributed by atoms with E-state index in [9.17, 15) is 5.11 Å². The Morgan fingerprint density at radius 2 is 1.87 bits per heavy atom. The quantitative estimate of drug-likeness (QED) is 0.714. The molecule has 3 atom stereocenters. The second-order valence-corrected chi connectivity index (χ2v) is 6.33. The Bertz CT molecular complexity index is 270. The number of fused-ring (bicyclic) bond motifs is 2. The Balaban J connectivity index is 1.99. The summed E-state index contributed by atoms with van der Waals surface area (Å²) in [7, 11) is 0. The molecule has 0 spiro atoms. The molecule has 15 heavy (non-hydrogen) atoms. The highest BCUT2D eigenvalue weighted by Gasteiger charge is 2.66. The SMILES string of the molecule is CC1(C)C2CC[C@@]1(N1CCCC1)[C@H](O)C2. The smallest absolute Gasteiger partial charge is 0.0732 e. The highest BCUT2D eigenvalue weighted by molar-refractivity contribution is 5.19. The van der Waals surface area contributed by atoms with Gasteiger partial charge in [0, 0.05) is 0 Å². The summed E-state index contributed by atoms with van der Waals surface area (Å²) in [5.41, 5.74) is 0.463. The minimum Gasteiger partial charge on any atom is -0.391 e. The first-order chi connectivity index (χ1) is 7.09. The van der Waals surface area contributed by atoms with Gasteiger partial charge in [0.2, 0.25) is 0 Å². The average molecular weight is 209 g/mol. The van der Waals surface area contributed by atoms with Gasteiger partial charge in [0.05, 0.1) is 11.6 Å². The normalized spacial score (nSPS) is 49.0. The molecule has 3 fully saturated rings. The van der Waals surface area contributed by atoms with Crippen LogP contribution in [0.2, 0.25) is 0 Å². The molecule has 1 aliphatic heterocycles. The van der Waals surface area contributed by atoms with E-state index in [0.717, 1.165) is 12.3 Å². The van der Waals surface area contributed by atoms with Gasteiger partial charge < -0.3 is 5.11 Å². The number of nitrogens with zero attached hydrogens (tertiary/aromatic N) is 1. The molecule has 2 heteroatoms. The summed E-state index contributed by atoms with van der Waals surface area (Å²) in [6.07, 6.45) is 6.20. The van der Waals surface area contributed by atoms with E-state index in [-0.39, 0.29) is 11.6 Å². The van der Waals surface area contributed by atoms with Gasteiger partial charge in [0.25, 0.3) is 0 Å². The van der Waals surface area contributed by atoms with Crippen LogP contribution in [-0.4, -0.2) is 34.7 Å². The number of rotatable bonds is 1. The highest BCUT2D eigenvalue weighted by atomic mass is 16.3. The average Bonchev–Trinajstić information content (AvgIpc) is 2.80. The first kappa shape index (κ1) is 10.1. The first-order valence-electron chi connectivity index (χ1n) is 6.52. The molecule has 1 unspecified atom stereocenters. The number of likely N-dealkylation sites (tertiary alicyclic amines) is 1. The van der Waals surface area contributed by atoms with Crippen LogP contribution in [-0.2, 0) is 0 Å². The second kappa shape index (κ2) is 2.98. The first-order valence-corrected chi connectivity index (χ1v) is 6.52. The summed E-state index contributed by atoms with van der Waals surface area (Å²) >= 11 is 0. The van der Waals surface area contributed by atoms with Crippen molar-refractivity contribution in [3.63, 3.8) is 0 Å². The van der Waals surface area contributed by atoms with Crippen molar-refractivity contribution in [1.82, 2.24) is 4.90 Å². The predicted octanol–water partition coefficient (Wildman–Crippen LogP) is 2.02. The molecule has 0 amide bonds. The molecule has 3 aliphatic rings. The fraction of sp³-hybridized carbons (Fsp3) is 1.00. The maximum absolute atomic E-state index is 10.4. The van der Waals surface area contributed by atoms with Crippen LogP contribution in [0.3, 0.4) is 0 Å². The molecule has 2 nitrogen and oxygen atoms in total. The standard InChI is InChI=1S/C13H23NO/c1-12(2)10-5-6-13(12,11(15)9-10)14-7-3-4-8-14/h10-11,15H,3-9H2,1-2H3/t10?,11-,13-/m1/s1. The van der Waals surface area contributed by atoms with Gasteiger partial charge in [0.1, 0.15) is 0 Å². The van der Waals surface area contributed by atoms with Gasteiger partial charge in [-0.25, -0.2) is 0 Å². The molecular weight excluding hydrogens is 186 g/mol. The summed E-state index contributed by atoms with van der Waals surface area (Å²) in [6.45, 7) is 7.21. The molecule has 0 aromatic rings. The van der Waals surface area contributed by atoms with Crippen molar-refractivity contribution in [1.29, 1.82) is 0 Å². The number of hydrogen-bond acceptors (Lipinski definition) is 2. The van der Waals surface area contributed by atoms with Crippen LogP contribution in [0.15, 0.2) is 0 Å². The molecule has 0 aromatic heterocycles. The van der Waals surface area contributed by atoms with Gasteiger partial charge in [-0.05, 0) is 56.5 Å². The molecule has 3 rings (SSSR count). The summed E-state index contributed by atoms with van der Waals surface area (Å²) in [6, 6.07) is 0. The van der Waals surface area contributed by atoms with Crippen molar-refractivity contribution in [2.45, 2.75) is 57.6 Å². The van der Waals surface area contributed by atoms with Crippen molar-refractivity contribution < 1.29 is 5.11 Å². The van der Waals surface area contributed by atoms with Crippen molar-refractivity contribution in [2.75, 3.05) is 13.1 Å². The predicted molar refractivity (Wildman–Crippen MR) is 60.7 cm³/mol. The maximum atomic E-state index is 10.4. The van der Waals surface area contributed by atoms with Gasteiger partial charge in [-0.1, -0.05) is 13.8 Å². The molecule has 1 N–H and O–H groups in total. The number of hydrogen-bond donors (Lipinski definition) is 1. The molecule has 0 radical (unpaired) electrons. The van der Waals surface area contributed by atoms with E-state index in [1.54, 1.807) is 0 Å². The van der Waals surface area contributed by atoms with Gasteiger partial charge in [-0.2, -0.15) is 0 Å². The Hall–Kier alpha value is -0.0800. The largest absolute Gasteiger partial charge is 0.391 e. The van der Waals surface area contributed by atoms with Crippen LogP contribution in [0.25, 0.3) is 0 Å². The van der Waals surface area contributed by atoms with E-state index in [1.165, 1.54) is 38.8 Å². The third-order valence-electron chi connectivity index (χ3n) is 5.74. The minimum absolute atomic E-state index is 0.0654. The van der Waals surface area contributed by atoms with E-state index < -0.39 is 0 Å². The van der Waals surface area contributed by atoms with Gasteiger partial charge in [-0.3, -0.25) is 4.90 Å². The number of aliphatic hydroxyl groups is 1. The van der Waals surface area contributed by atoms with Crippen molar-refractivity contribution >= 4 is 0 Å². The molecule has 2 saturated carbocycles. The lowest BCUT2D eigenvalue weighted by Gasteiger charge is -2.47. The molecular formula is C13H23NO. The molecule has 1 saturated heterocycles. The highest BCUT2D eigenvalue weighted by Crippen LogP contribution is 2.63. The Morgan fingerprint density at radius 3 is 2.33 bits per heavy atom. The monoisotopic (exact) mass is 209 g/mol. The van der Waals surface area contributed by atoms with Gasteiger partial charge >= 0.3 is 0 Å². The van der Waals surface area contributed by atoms with E-state index >= 15 is 0 Å². The summed E-state index contributed by atoms with van der Waals surface area (Å²) in [4.78, 5) is 2.62. The van der Waals surface area contributed by atoms with E-state index in [0.29, 0.717) is 5.41 Å². The van der Waals surface area contributed by atoms with Crippen LogP contribution in [0, 0.1) is 11.3 Å². The zero-order chi connectivity index (χ0) is 10.7. The molecule has 2 bridgehead atoms. The van der Waals surface area contributed by atoms with Crippen LogP contribution in [0.4, 0.5) is 0 Å². The van der Waals surface area contributed by atoms with Crippen molar-refractivity contribution in [2.24, 2.45) is 11.3 Å². The van der Waals surface area contributed by atoms with E-state index in [2.05, 4.69) is 18.7 Å². The van der Waals surface area contributed by atoms with Crippen LogP contribution < -0.4 is 0 Å². The van der Waals surface area contributed by atoms with Crippen molar-refractivity contribution in [3.8, 4) is 0 Å². The van der Waals surface area contributed by atoms with Gasteiger partial charge in [0.15, 0.2) is 0 Å². The van der Waals surface area contributed by atoms with Crippen LogP contribution >= 0.6 is 0 Å². The molecule has 2 aliphatic carbocycles. The zero-order valence-electron chi connectivity index (χ0n) is 10.00. The fourth-order valence-electron chi connectivity index (χ4n) is 4.80. The lowest BCUT2D eigenvalue weighted by molar-refractivity contribution is -0.0476. The Kier molecular flexibility index (Phi) is 2.01. The molecule has 0 aromatic carbocycles. The fourth-order valence-corrected chi connectivity index (χ4v) is 4.80. The zero-order valence-corrected chi connectivity index (χ0v) is 10.00. The minimum atomic E-state index is -0.0654. The Morgan fingerprint density at radius 1 is 1.20 bits per heavy atom. The molecule has 86 valence electrons. The van der Waals surface area contributed by atoms with Crippen LogP contribution in [0.5, 0.6) is 0 Å². The number of aliphatic hydroxyl groups excluding tert-OH is 1. The second-order valence-electron chi connectivity index (χ2n) is 6.33. The lowest BCUT2D eigenvalue weighted by atomic mass is 9.74. The summed E-state index contributed by atoms with van der Waals surface area (Å²) in [5, 5.41) is 10.4.